The molecule has 0 atom stereocenters. The van der Waals surface area contributed by atoms with Gasteiger partial charge in [-0.2, -0.15) is 0 Å². The first-order chi connectivity index (χ1) is 12.2. The number of anilines is 1. The van der Waals surface area contributed by atoms with Crippen molar-refractivity contribution in [3.8, 4) is 17.3 Å². The zero-order valence-corrected chi connectivity index (χ0v) is 13.7. The molecule has 0 saturated heterocycles. The molecule has 3 aromatic rings. The van der Waals surface area contributed by atoms with Gasteiger partial charge in [-0.05, 0) is 37.3 Å². The van der Waals surface area contributed by atoms with Crippen LogP contribution in [0.2, 0.25) is 0 Å². The summed E-state index contributed by atoms with van der Waals surface area (Å²) in [5, 5.41) is 13.5. The van der Waals surface area contributed by atoms with Crippen LogP contribution in [0.25, 0.3) is 11.5 Å². The molecule has 7 nitrogen and oxygen atoms in total. The molecule has 0 unspecified atom stereocenters. The summed E-state index contributed by atoms with van der Waals surface area (Å²) in [6.45, 7) is 2.63. The molecule has 2 N–H and O–H groups in total. The van der Waals surface area contributed by atoms with E-state index in [1.165, 1.54) is 0 Å². The predicted octanol–water partition coefficient (Wildman–Crippen LogP) is 3.25. The first-order valence-corrected chi connectivity index (χ1v) is 7.82. The van der Waals surface area contributed by atoms with Crippen LogP contribution in [0.1, 0.15) is 5.56 Å². The number of aryl methyl sites for hydroxylation is 1. The lowest BCUT2D eigenvalue weighted by atomic mass is 10.2. The van der Waals surface area contributed by atoms with E-state index in [4.69, 9.17) is 9.15 Å². The Morgan fingerprint density at radius 2 is 1.96 bits per heavy atom. The van der Waals surface area contributed by atoms with Crippen molar-refractivity contribution in [3.63, 3.8) is 0 Å². The molecular weight excluding hydrogens is 320 g/mol. The predicted molar refractivity (Wildman–Crippen MR) is 93.4 cm³/mol. The van der Waals surface area contributed by atoms with Gasteiger partial charge >= 0.3 is 6.03 Å². The van der Waals surface area contributed by atoms with Gasteiger partial charge in [0.25, 0.3) is 0 Å². The molecule has 3 rings (SSSR count). The van der Waals surface area contributed by atoms with Crippen LogP contribution in [0.3, 0.4) is 0 Å². The van der Waals surface area contributed by atoms with E-state index in [9.17, 15) is 4.79 Å². The lowest BCUT2D eigenvalue weighted by Gasteiger charge is -2.08. The van der Waals surface area contributed by atoms with E-state index >= 15 is 0 Å². The molecule has 2 aromatic heterocycles. The lowest BCUT2D eigenvalue weighted by molar-refractivity contribution is 0.246. The zero-order valence-electron chi connectivity index (χ0n) is 13.7. The fraction of sp³-hybridized carbons (Fsp3) is 0.167. The summed E-state index contributed by atoms with van der Waals surface area (Å²) in [4.78, 5) is 11.8. The molecule has 0 aliphatic rings. The molecule has 0 radical (unpaired) electrons. The first kappa shape index (κ1) is 16.5. The third-order valence-electron chi connectivity index (χ3n) is 3.36. The third-order valence-corrected chi connectivity index (χ3v) is 3.36. The molecule has 0 saturated carbocycles. The maximum Gasteiger partial charge on any atom is 0.319 e. The number of aromatic nitrogens is 2. The summed E-state index contributed by atoms with van der Waals surface area (Å²) in [5.41, 5.74) is 2.51. The van der Waals surface area contributed by atoms with E-state index in [1.54, 1.807) is 30.5 Å². The van der Waals surface area contributed by atoms with E-state index in [-0.39, 0.29) is 12.6 Å². The number of ether oxygens (including phenoxy) is 1. The largest absolute Gasteiger partial charge is 0.475 e. The van der Waals surface area contributed by atoms with Crippen LogP contribution >= 0.6 is 0 Å². The highest BCUT2D eigenvalue weighted by Gasteiger charge is 2.05. The maximum absolute atomic E-state index is 11.8. The summed E-state index contributed by atoms with van der Waals surface area (Å²) in [6.07, 6.45) is 1.58. The van der Waals surface area contributed by atoms with Crippen molar-refractivity contribution in [1.29, 1.82) is 0 Å². The minimum Gasteiger partial charge on any atom is -0.475 e. The van der Waals surface area contributed by atoms with Crippen molar-refractivity contribution in [3.05, 3.63) is 60.4 Å². The van der Waals surface area contributed by atoms with Gasteiger partial charge in [0.05, 0.1) is 12.8 Å². The number of rotatable bonds is 6. The van der Waals surface area contributed by atoms with Crippen LogP contribution in [0.15, 0.2) is 59.2 Å². The highest BCUT2D eigenvalue weighted by molar-refractivity contribution is 5.89. The van der Waals surface area contributed by atoms with Crippen LogP contribution in [-0.2, 0) is 0 Å². The quantitative estimate of drug-likeness (QED) is 0.674. The average Bonchev–Trinajstić information content (AvgIpc) is 3.16. The summed E-state index contributed by atoms with van der Waals surface area (Å²) in [7, 11) is 0. The second-order valence-corrected chi connectivity index (χ2v) is 5.33. The number of hydrogen-bond donors (Lipinski definition) is 2. The van der Waals surface area contributed by atoms with Crippen LogP contribution in [-0.4, -0.2) is 29.4 Å². The summed E-state index contributed by atoms with van der Waals surface area (Å²) in [6, 6.07) is 14.3. The summed E-state index contributed by atoms with van der Waals surface area (Å²) in [5.74, 6) is 1.03. The van der Waals surface area contributed by atoms with E-state index in [0.717, 1.165) is 11.3 Å². The molecule has 25 heavy (non-hydrogen) atoms. The Bertz CT molecular complexity index is 799. The normalized spacial score (nSPS) is 10.3. The Labute approximate surface area is 145 Å². The maximum atomic E-state index is 11.8. The molecule has 0 bridgehead atoms. The molecule has 0 spiro atoms. The minimum absolute atomic E-state index is 0.285. The molecule has 0 fully saturated rings. The Balaban J connectivity index is 1.39. The number of carbonyl (C=O) groups excluding carboxylic acids is 1. The van der Waals surface area contributed by atoms with Gasteiger partial charge in [-0.15, -0.1) is 10.2 Å². The number of furan rings is 1. The van der Waals surface area contributed by atoms with Gasteiger partial charge < -0.3 is 19.8 Å². The van der Waals surface area contributed by atoms with Crippen molar-refractivity contribution < 1.29 is 13.9 Å². The topological polar surface area (TPSA) is 89.3 Å². The smallest absolute Gasteiger partial charge is 0.319 e. The number of nitrogens with zero attached hydrogens (tertiary/aromatic N) is 2. The number of hydrogen-bond acceptors (Lipinski definition) is 5. The number of nitrogens with one attached hydrogen (secondary N) is 2. The van der Waals surface area contributed by atoms with Gasteiger partial charge in [0.2, 0.25) is 5.88 Å². The Morgan fingerprint density at radius 1 is 1.12 bits per heavy atom. The van der Waals surface area contributed by atoms with Crippen LogP contribution in [0, 0.1) is 6.92 Å². The fourth-order valence-electron chi connectivity index (χ4n) is 2.09. The van der Waals surface area contributed by atoms with Gasteiger partial charge in [0, 0.05) is 11.8 Å². The molecule has 2 heterocycles. The lowest BCUT2D eigenvalue weighted by Crippen LogP contribution is -2.32. The minimum atomic E-state index is -0.285. The summed E-state index contributed by atoms with van der Waals surface area (Å²) < 4.78 is 10.7. The second kappa shape index (κ2) is 7.96. The monoisotopic (exact) mass is 338 g/mol. The van der Waals surface area contributed by atoms with Gasteiger partial charge in [-0.1, -0.05) is 17.7 Å². The first-order valence-electron chi connectivity index (χ1n) is 7.82. The van der Waals surface area contributed by atoms with Gasteiger partial charge in [-0.3, -0.25) is 0 Å². The number of carbonyl (C=O) groups is 1. The van der Waals surface area contributed by atoms with Crippen LogP contribution in [0.4, 0.5) is 10.5 Å². The molecule has 7 heteroatoms. The van der Waals surface area contributed by atoms with E-state index in [1.807, 2.05) is 31.2 Å². The molecule has 128 valence electrons. The Morgan fingerprint density at radius 3 is 2.64 bits per heavy atom. The van der Waals surface area contributed by atoms with E-state index in [0.29, 0.717) is 23.9 Å². The van der Waals surface area contributed by atoms with Gasteiger partial charge in [-0.25, -0.2) is 4.79 Å². The fourth-order valence-corrected chi connectivity index (χ4v) is 2.09. The number of amides is 2. The average molecular weight is 338 g/mol. The highest BCUT2D eigenvalue weighted by Crippen LogP contribution is 2.17. The van der Waals surface area contributed by atoms with Crippen molar-refractivity contribution in [2.45, 2.75) is 6.92 Å². The Hall–Kier alpha value is -3.35. The number of urea groups is 1. The van der Waals surface area contributed by atoms with Crippen molar-refractivity contribution in [2.75, 3.05) is 18.5 Å². The zero-order chi connectivity index (χ0) is 17.5. The highest BCUT2D eigenvalue weighted by atomic mass is 16.5. The van der Waals surface area contributed by atoms with Gasteiger partial charge in [0.1, 0.15) is 12.3 Å². The standard InChI is InChI=1S/C18H18N4O3/c1-13-4-6-14(7-5-13)20-18(23)19-10-12-25-17-9-8-15(21-22-17)16-3-2-11-24-16/h2-9,11H,10,12H2,1H3,(H2,19,20,23). The van der Waals surface area contributed by atoms with E-state index < -0.39 is 0 Å². The van der Waals surface area contributed by atoms with Crippen LogP contribution in [0.5, 0.6) is 5.88 Å². The molecular formula is C18H18N4O3. The molecule has 0 aliphatic carbocycles. The van der Waals surface area contributed by atoms with E-state index in [2.05, 4.69) is 20.8 Å². The van der Waals surface area contributed by atoms with Crippen LogP contribution < -0.4 is 15.4 Å². The second-order valence-electron chi connectivity index (χ2n) is 5.33. The molecule has 2 amide bonds. The van der Waals surface area contributed by atoms with Crippen molar-refractivity contribution in [1.82, 2.24) is 15.5 Å². The molecule has 1 aromatic carbocycles. The number of benzene rings is 1. The SMILES string of the molecule is Cc1ccc(NC(=O)NCCOc2ccc(-c3ccco3)nn2)cc1. The Kier molecular flexibility index (Phi) is 5.26. The van der Waals surface area contributed by atoms with Crippen molar-refractivity contribution >= 4 is 11.7 Å². The third kappa shape index (κ3) is 4.81. The molecule has 0 aliphatic heterocycles. The summed E-state index contributed by atoms with van der Waals surface area (Å²) >= 11 is 0. The van der Waals surface area contributed by atoms with Crippen molar-refractivity contribution in [2.24, 2.45) is 0 Å². The van der Waals surface area contributed by atoms with Gasteiger partial charge in [0.15, 0.2) is 5.76 Å².